The molecule has 2 rings (SSSR count). The summed E-state index contributed by atoms with van der Waals surface area (Å²) in [5.41, 5.74) is 0.908. The van der Waals surface area contributed by atoms with Gasteiger partial charge in [0.15, 0.2) is 0 Å². The predicted molar refractivity (Wildman–Crippen MR) is 82.6 cm³/mol. The molecule has 0 bridgehead atoms. The average molecular weight is 276 g/mol. The summed E-state index contributed by atoms with van der Waals surface area (Å²) >= 11 is 0. The van der Waals surface area contributed by atoms with Crippen molar-refractivity contribution in [2.45, 2.75) is 40.5 Å². The van der Waals surface area contributed by atoms with Crippen molar-refractivity contribution >= 4 is 17.7 Å². The van der Waals surface area contributed by atoms with Gasteiger partial charge in [0.2, 0.25) is 5.96 Å². The minimum absolute atomic E-state index is 0.00117. The van der Waals surface area contributed by atoms with Gasteiger partial charge in [-0.05, 0) is 19.8 Å². The number of ether oxygens (including phenoxy) is 1. The number of hydrogen-bond acceptors (Lipinski definition) is 5. The molecule has 0 aliphatic carbocycles. The van der Waals surface area contributed by atoms with E-state index in [1.165, 1.54) is 0 Å². The van der Waals surface area contributed by atoms with Crippen LogP contribution in [0.5, 0.6) is 0 Å². The first-order chi connectivity index (χ1) is 9.59. The third-order valence-electron chi connectivity index (χ3n) is 4.22. The van der Waals surface area contributed by atoms with Crippen molar-refractivity contribution in [2.75, 3.05) is 26.3 Å². The van der Waals surface area contributed by atoms with Crippen molar-refractivity contribution in [1.82, 2.24) is 4.90 Å². The molecule has 1 fully saturated rings. The van der Waals surface area contributed by atoms with Gasteiger partial charge >= 0.3 is 0 Å². The van der Waals surface area contributed by atoms with Gasteiger partial charge in [-0.3, -0.25) is 0 Å². The Hall–Kier alpha value is -1.45. The van der Waals surface area contributed by atoms with E-state index in [1.807, 2.05) is 6.92 Å². The summed E-state index contributed by atoms with van der Waals surface area (Å²) in [6.45, 7) is 11.6. The SMILES string of the molecule is CCC(C)(CC)C1=C=NC(C)=NC(N2CCOCC2)=N1. The lowest BCUT2D eigenvalue weighted by atomic mass is 9.82. The zero-order valence-corrected chi connectivity index (χ0v) is 12.9. The molecule has 0 radical (unpaired) electrons. The first-order valence-electron chi connectivity index (χ1n) is 7.40. The Morgan fingerprint density at radius 3 is 2.45 bits per heavy atom. The summed E-state index contributed by atoms with van der Waals surface area (Å²) in [5.74, 6) is 4.57. The van der Waals surface area contributed by atoms with Crippen molar-refractivity contribution in [3.63, 3.8) is 0 Å². The molecule has 0 unspecified atom stereocenters. The molecule has 2 aliphatic rings. The normalized spacial score (nSPS) is 20.2. The number of aliphatic imine (C=N–C) groups is 3. The van der Waals surface area contributed by atoms with Crippen LogP contribution in [0.3, 0.4) is 0 Å². The van der Waals surface area contributed by atoms with Crippen LogP contribution in [0.25, 0.3) is 0 Å². The molecule has 0 aromatic rings. The van der Waals surface area contributed by atoms with Crippen LogP contribution < -0.4 is 0 Å². The van der Waals surface area contributed by atoms with Gasteiger partial charge in [0, 0.05) is 24.4 Å². The van der Waals surface area contributed by atoms with Crippen molar-refractivity contribution in [2.24, 2.45) is 20.4 Å². The number of morpholine rings is 1. The molecule has 0 saturated carbocycles. The zero-order valence-electron chi connectivity index (χ0n) is 12.9. The fourth-order valence-corrected chi connectivity index (χ4v) is 2.21. The molecular formula is C15H24N4O. The standard InChI is InChI=1S/C15H24N4O/c1-5-15(4,6-2)13-11-16-12(3)17-14(18-13)19-7-9-20-10-8-19/h5-10H2,1-4H3. The number of amidine groups is 1. The quantitative estimate of drug-likeness (QED) is 0.795. The summed E-state index contributed by atoms with van der Waals surface area (Å²) in [4.78, 5) is 15.8. The van der Waals surface area contributed by atoms with Crippen LogP contribution in [0.1, 0.15) is 40.5 Å². The fourth-order valence-electron chi connectivity index (χ4n) is 2.21. The van der Waals surface area contributed by atoms with Gasteiger partial charge < -0.3 is 9.64 Å². The molecule has 2 heterocycles. The van der Waals surface area contributed by atoms with E-state index >= 15 is 0 Å². The smallest absolute Gasteiger partial charge is 0.228 e. The topological polar surface area (TPSA) is 49.5 Å². The second-order valence-corrected chi connectivity index (χ2v) is 5.51. The summed E-state index contributed by atoms with van der Waals surface area (Å²) < 4.78 is 5.39. The molecule has 1 saturated heterocycles. The lowest BCUT2D eigenvalue weighted by molar-refractivity contribution is 0.0675. The van der Waals surface area contributed by atoms with E-state index in [1.54, 1.807) is 0 Å². The van der Waals surface area contributed by atoms with Crippen LogP contribution in [0, 0.1) is 5.41 Å². The number of nitrogens with zero attached hydrogens (tertiary/aromatic N) is 4. The van der Waals surface area contributed by atoms with Crippen molar-refractivity contribution in [3.05, 3.63) is 5.70 Å². The van der Waals surface area contributed by atoms with E-state index in [-0.39, 0.29) is 5.41 Å². The zero-order chi connectivity index (χ0) is 14.6. The summed E-state index contributed by atoms with van der Waals surface area (Å²) in [6, 6.07) is 0. The summed E-state index contributed by atoms with van der Waals surface area (Å²) in [7, 11) is 0. The molecule has 0 aromatic heterocycles. The number of rotatable bonds is 3. The number of hydrogen-bond donors (Lipinski definition) is 0. The average Bonchev–Trinajstić information content (AvgIpc) is 2.70. The first kappa shape index (κ1) is 14.9. The summed E-state index contributed by atoms with van der Waals surface area (Å²) in [6.07, 6.45) is 2.03. The Labute approximate surface area is 121 Å². The van der Waals surface area contributed by atoms with Gasteiger partial charge in [-0.2, -0.15) is 9.98 Å². The highest BCUT2D eigenvalue weighted by Gasteiger charge is 2.28. The molecule has 0 spiro atoms. The van der Waals surface area contributed by atoms with Crippen LogP contribution in [-0.4, -0.2) is 48.9 Å². The van der Waals surface area contributed by atoms with Crippen molar-refractivity contribution in [1.29, 1.82) is 0 Å². The second-order valence-electron chi connectivity index (χ2n) is 5.51. The van der Waals surface area contributed by atoms with E-state index < -0.39 is 0 Å². The highest BCUT2D eigenvalue weighted by atomic mass is 16.5. The molecule has 2 aliphatic heterocycles. The third kappa shape index (κ3) is 3.17. The monoisotopic (exact) mass is 276 g/mol. The molecule has 110 valence electrons. The predicted octanol–water partition coefficient (Wildman–Crippen LogP) is 2.49. The lowest BCUT2D eigenvalue weighted by Crippen LogP contribution is -2.40. The Morgan fingerprint density at radius 2 is 1.85 bits per heavy atom. The molecule has 0 aromatic carbocycles. The molecule has 0 N–H and O–H groups in total. The maximum atomic E-state index is 5.39. The van der Waals surface area contributed by atoms with Crippen LogP contribution >= 0.6 is 0 Å². The first-order valence-corrected chi connectivity index (χ1v) is 7.40. The van der Waals surface area contributed by atoms with Gasteiger partial charge in [-0.15, -0.1) is 0 Å². The van der Waals surface area contributed by atoms with Gasteiger partial charge in [0.05, 0.1) is 13.2 Å². The molecule has 0 amide bonds. The number of allylic oxidation sites excluding steroid dienone is 1. The minimum Gasteiger partial charge on any atom is -0.378 e. The fraction of sp³-hybridized carbons (Fsp3) is 0.733. The number of guanidine groups is 1. The molecule has 0 atom stereocenters. The largest absolute Gasteiger partial charge is 0.378 e. The maximum absolute atomic E-state index is 5.39. The Bertz CT molecular complexity index is 476. The van der Waals surface area contributed by atoms with Crippen LogP contribution in [-0.2, 0) is 4.74 Å². The van der Waals surface area contributed by atoms with Gasteiger partial charge in [-0.25, -0.2) is 4.99 Å². The van der Waals surface area contributed by atoms with E-state index in [0.717, 1.165) is 50.8 Å². The van der Waals surface area contributed by atoms with Crippen molar-refractivity contribution in [3.8, 4) is 0 Å². The Morgan fingerprint density at radius 1 is 1.20 bits per heavy atom. The Kier molecular flexibility index (Phi) is 4.73. The molecule has 20 heavy (non-hydrogen) atoms. The van der Waals surface area contributed by atoms with E-state index in [4.69, 9.17) is 9.73 Å². The van der Waals surface area contributed by atoms with Crippen LogP contribution in [0.4, 0.5) is 0 Å². The van der Waals surface area contributed by atoms with E-state index in [9.17, 15) is 0 Å². The maximum Gasteiger partial charge on any atom is 0.228 e. The highest BCUT2D eigenvalue weighted by molar-refractivity contribution is 6.00. The molecule has 5 nitrogen and oxygen atoms in total. The van der Waals surface area contributed by atoms with Crippen LogP contribution in [0.2, 0.25) is 0 Å². The van der Waals surface area contributed by atoms with E-state index in [0.29, 0.717) is 5.84 Å². The highest BCUT2D eigenvalue weighted by Crippen LogP contribution is 2.34. The molecular weight excluding hydrogens is 252 g/mol. The van der Waals surface area contributed by atoms with Gasteiger partial charge in [0.1, 0.15) is 11.5 Å². The summed E-state index contributed by atoms with van der Waals surface area (Å²) in [5, 5.41) is 0. The second kappa shape index (κ2) is 6.33. The Balaban J connectivity index is 2.35. The van der Waals surface area contributed by atoms with Crippen molar-refractivity contribution < 1.29 is 4.74 Å². The van der Waals surface area contributed by atoms with Gasteiger partial charge in [0.25, 0.3) is 0 Å². The third-order valence-corrected chi connectivity index (χ3v) is 4.22. The lowest BCUT2D eigenvalue weighted by Gasteiger charge is -2.29. The minimum atomic E-state index is 0.00117. The van der Waals surface area contributed by atoms with Gasteiger partial charge in [-0.1, -0.05) is 20.8 Å². The van der Waals surface area contributed by atoms with Crippen LogP contribution in [0.15, 0.2) is 20.7 Å². The molecule has 5 heteroatoms. The van der Waals surface area contributed by atoms with E-state index in [2.05, 4.69) is 41.5 Å².